The molecule has 0 fully saturated rings. The van der Waals surface area contributed by atoms with Gasteiger partial charge in [0.2, 0.25) is 0 Å². The third-order valence-corrected chi connectivity index (χ3v) is 3.75. The summed E-state index contributed by atoms with van der Waals surface area (Å²) < 4.78 is 37.5. The number of nitrogens with two attached hydrogens (primary N) is 1. The van der Waals surface area contributed by atoms with Gasteiger partial charge in [-0.05, 0) is 12.0 Å². The summed E-state index contributed by atoms with van der Waals surface area (Å²) in [6, 6.07) is 9.04. The fourth-order valence-electron chi connectivity index (χ4n) is 1.67. The van der Waals surface area contributed by atoms with Crippen molar-refractivity contribution in [2.75, 3.05) is 0 Å². The van der Waals surface area contributed by atoms with Crippen LogP contribution in [0, 0.1) is 0 Å². The third kappa shape index (κ3) is 3.52. The van der Waals surface area contributed by atoms with E-state index in [2.05, 4.69) is 10.4 Å². The summed E-state index contributed by atoms with van der Waals surface area (Å²) in [5.41, 5.74) is 3.53. The lowest BCUT2D eigenvalue weighted by Crippen LogP contribution is -2.28. The first-order valence-corrected chi connectivity index (χ1v) is 6.35. The summed E-state index contributed by atoms with van der Waals surface area (Å²) >= 11 is 0.613. The number of thiazole rings is 1. The molecular weight excluding hydrogens is 275 g/mol. The summed E-state index contributed by atoms with van der Waals surface area (Å²) in [5, 5.41) is -0.851. The van der Waals surface area contributed by atoms with Crippen molar-refractivity contribution in [1.29, 1.82) is 0 Å². The van der Waals surface area contributed by atoms with Crippen LogP contribution >= 0.6 is 11.3 Å². The molecule has 0 amide bonds. The van der Waals surface area contributed by atoms with Crippen molar-refractivity contribution in [1.82, 2.24) is 10.4 Å². The van der Waals surface area contributed by atoms with Gasteiger partial charge in [0.1, 0.15) is 0 Å². The highest BCUT2D eigenvalue weighted by atomic mass is 32.1. The molecule has 3 N–H and O–H groups in total. The molecule has 0 aliphatic rings. The van der Waals surface area contributed by atoms with E-state index in [-0.39, 0.29) is 6.04 Å². The zero-order valence-corrected chi connectivity index (χ0v) is 10.6. The number of hydrazine groups is 1. The molecule has 1 heterocycles. The van der Waals surface area contributed by atoms with Crippen molar-refractivity contribution >= 4 is 11.3 Å². The molecule has 0 aliphatic heterocycles. The second kappa shape index (κ2) is 5.68. The van der Waals surface area contributed by atoms with Crippen LogP contribution in [0.5, 0.6) is 0 Å². The van der Waals surface area contributed by atoms with E-state index in [0.29, 0.717) is 22.6 Å². The van der Waals surface area contributed by atoms with Crippen LogP contribution in [0.1, 0.15) is 21.5 Å². The molecule has 0 saturated carbocycles. The molecule has 1 atom stereocenters. The predicted molar refractivity (Wildman–Crippen MR) is 67.3 cm³/mol. The standard InChI is InChI=1S/C12H12F3N3S/c13-12(14,15)11-17-7-10(19-11)9(18-16)6-8-4-2-1-3-5-8/h1-5,7,9,18H,6,16H2. The van der Waals surface area contributed by atoms with E-state index in [1.807, 2.05) is 30.3 Å². The molecular formula is C12H12F3N3S. The molecule has 1 aromatic carbocycles. The van der Waals surface area contributed by atoms with Gasteiger partial charge in [-0.1, -0.05) is 30.3 Å². The predicted octanol–water partition coefficient (Wildman–Crippen LogP) is 2.91. The molecule has 0 saturated heterocycles. The first-order valence-electron chi connectivity index (χ1n) is 5.53. The molecule has 0 spiro atoms. The zero-order valence-electron chi connectivity index (χ0n) is 9.82. The Morgan fingerprint density at radius 1 is 1.26 bits per heavy atom. The lowest BCUT2D eigenvalue weighted by atomic mass is 10.1. The van der Waals surface area contributed by atoms with Crippen LogP contribution in [-0.2, 0) is 12.6 Å². The van der Waals surface area contributed by atoms with Crippen molar-refractivity contribution in [2.45, 2.75) is 18.6 Å². The van der Waals surface area contributed by atoms with Crippen LogP contribution < -0.4 is 11.3 Å². The largest absolute Gasteiger partial charge is 0.443 e. The fourth-order valence-corrected chi connectivity index (χ4v) is 2.51. The van der Waals surface area contributed by atoms with E-state index in [1.165, 1.54) is 6.20 Å². The van der Waals surface area contributed by atoms with Gasteiger partial charge in [0.05, 0.1) is 6.04 Å². The second-order valence-corrected chi connectivity index (χ2v) is 5.04. The molecule has 7 heteroatoms. The van der Waals surface area contributed by atoms with Crippen LogP contribution in [0.15, 0.2) is 36.5 Å². The van der Waals surface area contributed by atoms with Gasteiger partial charge in [0.15, 0.2) is 5.01 Å². The van der Waals surface area contributed by atoms with Crippen LogP contribution in [0.25, 0.3) is 0 Å². The molecule has 0 bridgehead atoms. The fraction of sp³-hybridized carbons (Fsp3) is 0.250. The number of hydrogen-bond acceptors (Lipinski definition) is 4. The van der Waals surface area contributed by atoms with Gasteiger partial charge in [-0.2, -0.15) is 13.2 Å². The van der Waals surface area contributed by atoms with E-state index >= 15 is 0 Å². The maximum atomic E-state index is 12.5. The molecule has 2 aromatic rings. The average molecular weight is 287 g/mol. The average Bonchev–Trinajstić information content (AvgIpc) is 2.86. The Hall–Kier alpha value is -1.44. The molecule has 0 radical (unpaired) electrons. The monoisotopic (exact) mass is 287 g/mol. The number of rotatable bonds is 4. The Labute approximate surface area is 112 Å². The van der Waals surface area contributed by atoms with Crippen molar-refractivity contribution in [3.8, 4) is 0 Å². The minimum Gasteiger partial charge on any atom is -0.271 e. The van der Waals surface area contributed by atoms with Gasteiger partial charge >= 0.3 is 6.18 Å². The lowest BCUT2D eigenvalue weighted by molar-refractivity contribution is -0.137. The van der Waals surface area contributed by atoms with Crippen LogP contribution in [0.4, 0.5) is 13.2 Å². The van der Waals surface area contributed by atoms with Crippen LogP contribution in [-0.4, -0.2) is 4.98 Å². The van der Waals surface area contributed by atoms with Gasteiger partial charge in [0, 0.05) is 11.1 Å². The van der Waals surface area contributed by atoms with Crippen LogP contribution in [0.2, 0.25) is 0 Å². The van der Waals surface area contributed by atoms with Crippen molar-refractivity contribution in [3.63, 3.8) is 0 Å². The number of nitrogens with one attached hydrogen (secondary N) is 1. The van der Waals surface area contributed by atoms with Gasteiger partial charge in [-0.3, -0.25) is 11.3 Å². The Morgan fingerprint density at radius 3 is 2.47 bits per heavy atom. The highest BCUT2D eigenvalue weighted by Crippen LogP contribution is 2.34. The topological polar surface area (TPSA) is 50.9 Å². The minimum absolute atomic E-state index is 0.379. The SMILES string of the molecule is NNC(Cc1ccccc1)c1cnc(C(F)(F)F)s1. The highest BCUT2D eigenvalue weighted by Gasteiger charge is 2.35. The number of halogens is 3. The highest BCUT2D eigenvalue weighted by molar-refractivity contribution is 7.11. The third-order valence-electron chi connectivity index (χ3n) is 2.59. The van der Waals surface area contributed by atoms with Crippen molar-refractivity contribution in [2.24, 2.45) is 5.84 Å². The Morgan fingerprint density at radius 2 is 1.95 bits per heavy atom. The number of benzene rings is 1. The minimum atomic E-state index is -4.41. The van der Waals surface area contributed by atoms with Crippen LogP contribution in [0.3, 0.4) is 0 Å². The number of hydrogen-bond donors (Lipinski definition) is 2. The van der Waals surface area contributed by atoms with E-state index in [0.717, 1.165) is 5.56 Å². The summed E-state index contributed by atoms with van der Waals surface area (Å²) in [4.78, 5) is 3.87. The maximum Gasteiger partial charge on any atom is 0.443 e. The quantitative estimate of drug-likeness (QED) is 0.671. The second-order valence-electron chi connectivity index (χ2n) is 3.97. The Balaban J connectivity index is 2.16. The maximum absolute atomic E-state index is 12.5. The smallest absolute Gasteiger partial charge is 0.271 e. The number of aromatic nitrogens is 1. The molecule has 1 aromatic heterocycles. The Bertz CT molecular complexity index is 525. The molecule has 102 valence electrons. The van der Waals surface area contributed by atoms with E-state index in [1.54, 1.807) is 0 Å². The van der Waals surface area contributed by atoms with E-state index < -0.39 is 11.2 Å². The van der Waals surface area contributed by atoms with Gasteiger partial charge in [0.25, 0.3) is 0 Å². The van der Waals surface area contributed by atoms with E-state index in [9.17, 15) is 13.2 Å². The number of nitrogens with zero attached hydrogens (tertiary/aromatic N) is 1. The van der Waals surface area contributed by atoms with Crippen molar-refractivity contribution in [3.05, 3.63) is 52.0 Å². The molecule has 2 rings (SSSR count). The normalized spacial score (nSPS) is 13.5. The molecule has 19 heavy (non-hydrogen) atoms. The molecule has 1 unspecified atom stereocenters. The summed E-state index contributed by atoms with van der Waals surface area (Å²) in [6.07, 6.45) is -2.67. The summed E-state index contributed by atoms with van der Waals surface area (Å²) in [7, 11) is 0. The lowest BCUT2D eigenvalue weighted by Gasteiger charge is -2.13. The first-order chi connectivity index (χ1) is 9.00. The first kappa shape index (κ1) is 14.0. The Kier molecular flexibility index (Phi) is 4.18. The zero-order chi connectivity index (χ0) is 13.9. The summed E-state index contributed by atoms with van der Waals surface area (Å²) in [5.74, 6) is 5.42. The molecule has 0 aliphatic carbocycles. The van der Waals surface area contributed by atoms with E-state index in [4.69, 9.17) is 5.84 Å². The van der Waals surface area contributed by atoms with Gasteiger partial charge in [-0.15, -0.1) is 11.3 Å². The van der Waals surface area contributed by atoms with Crippen molar-refractivity contribution < 1.29 is 13.2 Å². The summed E-state index contributed by atoms with van der Waals surface area (Å²) in [6.45, 7) is 0. The number of alkyl halides is 3. The van der Waals surface area contributed by atoms with Gasteiger partial charge in [-0.25, -0.2) is 4.98 Å². The molecule has 3 nitrogen and oxygen atoms in total. The van der Waals surface area contributed by atoms with Gasteiger partial charge < -0.3 is 0 Å².